The lowest BCUT2D eigenvalue weighted by atomic mass is 9.87. The molecule has 3 heterocycles. The van der Waals surface area contributed by atoms with Gasteiger partial charge in [0.2, 0.25) is 5.91 Å². The van der Waals surface area contributed by atoms with Gasteiger partial charge in [-0.15, -0.1) is 6.58 Å². The van der Waals surface area contributed by atoms with E-state index in [9.17, 15) is 4.79 Å². The number of piperidine rings is 1. The Kier molecular flexibility index (Phi) is 2.59. The average Bonchev–Trinajstić information content (AvgIpc) is 2.18. The van der Waals surface area contributed by atoms with Crippen molar-refractivity contribution < 1.29 is 4.79 Å². The molecule has 3 heteroatoms. The minimum Gasteiger partial charge on any atom is -0.334 e. The number of hydrogen-bond acceptors (Lipinski definition) is 2. The van der Waals surface area contributed by atoms with E-state index < -0.39 is 0 Å². The van der Waals surface area contributed by atoms with E-state index in [1.165, 1.54) is 6.42 Å². The van der Waals surface area contributed by atoms with E-state index in [4.69, 9.17) is 0 Å². The zero-order valence-corrected chi connectivity index (χ0v) is 8.78. The summed E-state index contributed by atoms with van der Waals surface area (Å²) in [6.45, 7) is 8.72. The van der Waals surface area contributed by atoms with Gasteiger partial charge in [-0.3, -0.25) is 9.69 Å². The first-order chi connectivity index (χ1) is 6.76. The third kappa shape index (κ3) is 1.46. The number of piperazine rings is 1. The molecule has 0 spiro atoms. The van der Waals surface area contributed by atoms with Crippen molar-refractivity contribution in [3.8, 4) is 0 Å². The summed E-state index contributed by atoms with van der Waals surface area (Å²) in [5.41, 5.74) is 0. The number of nitrogens with zero attached hydrogens (tertiary/aromatic N) is 2. The highest BCUT2D eigenvalue weighted by atomic mass is 16.2. The van der Waals surface area contributed by atoms with E-state index in [0.717, 1.165) is 19.6 Å². The average molecular weight is 194 g/mol. The summed E-state index contributed by atoms with van der Waals surface area (Å²) in [5.74, 6) is 0.324. The van der Waals surface area contributed by atoms with Crippen molar-refractivity contribution in [3.05, 3.63) is 12.7 Å². The molecule has 3 fully saturated rings. The van der Waals surface area contributed by atoms with Crippen LogP contribution in [0.25, 0.3) is 0 Å². The molecule has 0 N–H and O–H groups in total. The lowest BCUT2D eigenvalue weighted by Gasteiger charge is -2.56. The number of fused-ring (bicyclic) bond motifs is 2. The fourth-order valence-corrected chi connectivity index (χ4v) is 2.62. The smallest absolute Gasteiger partial charge is 0.222 e. The standard InChI is InChI=1S/C11H18N2O/c1-3-5-12-7-9-6-10(8-12)13(9)11(14)4-2/h3,9-10H,1,4-8H2,2H3. The first-order valence-electron chi connectivity index (χ1n) is 5.40. The molecule has 0 aliphatic carbocycles. The second-order valence-electron chi connectivity index (χ2n) is 4.21. The van der Waals surface area contributed by atoms with Crippen LogP contribution < -0.4 is 0 Å². The van der Waals surface area contributed by atoms with Gasteiger partial charge in [-0.2, -0.15) is 0 Å². The van der Waals surface area contributed by atoms with Crippen molar-refractivity contribution in [2.24, 2.45) is 0 Å². The zero-order chi connectivity index (χ0) is 10.1. The molecule has 3 aliphatic heterocycles. The fourth-order valence-electron chi connectivity index (χ4n) is 2.62. The van der Waals surface area contributed by atoms with Crippen LogP contribution in [0, 0.1) is 0 Å². The van der Waals surface area contributed by atoms with Crippen molar-refractivity contribution in [1.82, 2.24) is 9.80 Å². The molecule has 2 atom stereocenters. The quantitative estimate of drug-likeness (QED) is 0.622. The molecule has 3 rings (SSSR count). The molecular formula is C11H18N2O. The number of carbonyl (C=O) groups is 1. The van der Waals surface area contributed by atoms with E-state index in [0.29, 0.717) is 24.4 Å². The summed E-state index contributed by atoms with van der Waals surface area (Å²) < 4.78 is 0. The van der Waals surface area contributed by atoms with Gasteiger partial charge < -0.3 is 4.90 Å². The molecule has 0 aromatic heterocycles. The Labute approximate surface area is 85.4 Å². The molecule has 0 aromatic carbocycles. The number of amides is 1. The summed E-state index contributed by atoms with van der Waals surface area (Å²) in [6.07, 6.45) is 3.80. The molecule has 0 radical (unpaired) electrons. The molecule has 78 valence electrons. The predicted octanol–water partition coefficient (Wildman–Crippen LogP) is 0.867. The third-order valence-corrected chi connectivity index (χ3v) is 3.25. The molecule has 3 saturated heterocycles. The minimum atomic E-state index is 0.324. The number of hydrogen-bond donors (Lipinski definition) is 0. The molecule has 14 heavy (non-hydrogen) atoms. The molecule has 3 nitrogen and oxygen atoms in total. The molecule has 0 aromatic rings. The van der Waals surface area contributed by atoms with Gasteiger partial charge in [-0.1, -0.05) is 13.0 Å². The molecule has 0 saturated carbocycles. The molecular weight excluding hydrogens is 176 g/mol. The van der Waals surface area contributed by atoms with Crippen LogP contribution in [0.2, 0.25) is 0 Å². The highest BCUT2D eigenvalue weighted by Gasteiger charge is 2.45. The van der Waals surface area contributed by atoms with Crippen LogP contribution in [0.4, 0.5) is 0 Å². The predicted molar refractivity (Wildman–Crippen MR) is 56.0 cm³/mol. The highest BCUT2D eigenvalue weighted by molar-refractivity contribution is 5.77. The van der Waals surface area contributed by atoms with Gasteiger partial charge in [0.05, 0.1) is 0 Å². The van der Waals surface area contributed by atoms with E-state index in [1.54, 1.807) is 0 Å². The Balaban J connectivity index is 1.92. The number of carbonyl (C=O) groups excluding carboxylic acids is 1. The van der Waals surface area contributed by atoms with Gasteiger partial charge >= 0.3 is 0 Å². The highest BCUT2D eigenvalue weighted by Crippen LogP contribution is 2.32. The van der Waals surface area contributed by atoms with Crippen LogP contribution in [-0.2, 0) is 4.79 Å². The Hall–Kier alpha value is -0.830. The number of rotatable bonds is 3. The second kappa shape index (κ2) is 3.73. The third-order valence-electron chi connectivity index (χ3n) is 3.25. The van der Waals surface area contributed by atoms with Crippen LogP contribution in [0.1, 0.15) is 19.8 Å². The molecule has 2 unspecified atom stereocenters. The van der Waals surface area contributed by atoms with E-state index in [1.807, 2.05) is 13.0 Å². The van der Waals surface area contributed by atoms with Gasteiger partial charge in [-0.25, -0.2) is 0 Å². The Morgan fingerprint density at radius 2 is 2.14 bits per heavy atom. The van der Waals surface area contributed by atoms with Crippen LogP contribution in [0.3, 0.4) is 0 Å². The van der Waals surface area contributed by atoms with Crippen molar-refractivity contribution >= 4 is 5.91 Å². The summed E-state index contributed by atoms with van der Waals surface area (Å²) in [4.78, 5) is 16.0. The Morgan fingerprint density at radius 3 is 2.64 bits per heavy atom. The van der Waals surface area contributed by atoms with Crippen molar-refractivity contribution in [3.63, 3.8) is 0 Å². The summed E-state index contributed by atoms with van der Waals surface area (Å²) in [6, 6.07) is 0.974. The zero-order valence-electron chi connectivity index (χ0n) is 8.78. The van der Waals surface area contributed by atoms with Gasteiger partial charge in [0, 0.05) is 38.1 Å². The largest absolute Gasteiger partial charge is 0.334 e. The maximum absolute atomic E-state index is 11.6. The normalized spacial score (nSPS) is 31.1. The van der Waals surface area contributed by atoms with Crippen molar-refractivity contribution in [2.75, 3.05) is 19.6 Å². The lowest BCUT2D eigenvalue weighted by Crippen LogP contribution is -2.69. The van der Waals surface area contributed by atoms with E-state index in [2.05, 4.69) is 16.4 Å². The van der Waals surface area contributed by atoms with Gasteiger partial charge in [0.25, 0.3) is 0 Å². The van der Waals surface area contributed by atoms with Crippen molar-refractivity contribution in [1.29, 1.82) is 0 Å². The first kappa shape index (κ1) is 9.71. The van der Waals surface area contributed by atoms with Crippen LogP contribution in [0.15, 0.2) is 12.7 Å². The SMILES string of the molecule is C=CCN1CC2CC(C1)N2C(=O)CC. The molecule has 2 bridgehead atoms. The minimum absolute atomic E-state index is 0.324. The summed E-state index contributed by atoms with van der Waals surface area (Å²) in [7, 11) is 0. The van der Waals surface area contributed by atoms with Gasteiger partial charge in [-0.05, 0) is 6.42 Å². The first-order valence-corrected chi connectivity index (χ1v) is 5.40. The molecule has 3 aliphatic rings. The van der Waals surface area contributed by atoms with E-state index in [-0.39, 0.29) is 0 Å². The second-order valence-corrected chi connectivity index (χ2v) is 4.21. The maximum atomic E-state index is 11.6. The van der Waals surface area contributed by atoms with Crippen LogP contribution in [0.5, 0.6) is 0 Å². The van der Waals surface area contributed by atoms with Gasteiger partial charge in [0.1, 0.15) is 0 Å². The molecule has 1 amide bonds. The topological polar surface area (TPSA) is 23.6 Å². The summed E-state index contributed by atoms with van der Waals surface area (Å²) in [5, 5.41) is 0. The maximum Gasteiger partial charge on any atom is 0.222 e. The lowest BCUT2D eigenvalue weighted by molar-refractivity contribution is -0.153. The van der Waals surface area contributed by atoms with Crippen LogP contribution >= 0.6 is 0 Å². The summed E-state index contributed by atoms with van der Waals surface area (Å²) >= 11 is 0. The van der Waals surface area contributed by atoms with E-state index >= 15 is 0 Å². The van der Waals surface area contributed by atoms with Crippen LogP contribution in [-0.4, -0.2) is 47.4 Å². The monoisotopic (exact) mass is 194 g/mol. The van der Waals surface area contributed by atoms with Gasteiger partial charge in [0.15, 0.2) is 0 Å². The Morgan fingerprint density at radius 1 is 1.50 bits per heavy atom. The van der Waals surface area contributed by atoms with Crippen molar-refractivity contribution in [2.45, 2.75) is 31.8 Å². The Bertz CT molecular complexity index is 240. The fraction of sp³-hybridized carbons (Fsp3) is 0.727.